The third-order valence-corrected chi connectivity index (χ3v) is 5.38. The molecule has 4 atom stereocenters. The topological polar surface area (TPSA) is 84.5 Å². The lowest BCUT2D eigenvalue weighted by atomic mass is 9.90. The first-order valence-corrected chi connectivity index (χ1v) is 11.0. The Bertz CT molecular complexity index is 702. The summed E-state index contributed by atoms with van der Waals surface area (Å²) < 4.78 is 34.4. The maximum atomic E-state index is 13.2. The number of rotatable bonds is 11. The van der Waals surface area contributed by atoms with Crippen LogP contribution in [0.1, 0.15) is 41.0 Å². The first-order chi connectivity index (χ1) is 15.1. The molecule has 1 fully saturated rings. The fraction of sp³-hybridized carbons (Fsp3) is 0.708. The number of methoxy groups -OCH3 is 3. The summed E-state index contributed by atoms with van der Waals surface area (Å²) >= 11 is 0. The van der Waals surface area contributed by atoms with E-state index >= 15 is 0 Å². The molecule has 1 heterocycles. The summed E-state index contributed by atoms with van der Waals surface area (Å²) in [5.41, 5.74) is 0.203. The fourth-order valence-electron chi connectivity index (χ4n) is 3.92. The molecule has 0 aliphatic carbocycles. The van der Waals surface area contributed by atoms with Gasteiger partial charge >= 0.3 is 5.97 Å². The highest BCUT2D eigenvalue weighted by atomic mass is 16.8. The first kappa shape index (κ1) is 26.4. The van der Waals surface area contributed by atoms with Crippen LogP contribution in [0.25, 0.3) is 0 Å². The lowest BCUT2D eigenvalue weighted by Gasteiger charge is -2.39. The van der Waals surface area contributed by atoms with Crippen molar-refractivity contribution in [1.82, 2.24) is 0 Å². The van der Waals surface area contributed by atoms with E-state index in [1.165, 1.54) is 0 Å². The minimum Gasteiger partial charge on any atom is -0.497 e. The Balaban J connectivity index is 2.40. The zero-order chi connectivity index (χ0) is 23.9. The Morgan fingerprint density at radius 2 is 1.59 bits per heavy atom. The standard InChI is InChI=1S/C24H39NO7/c1-9-18(22(26)32-23(2,3)4)21(25-16-10-12-17(29-8)13-11-16)24(5)30-19(14-27-6)20(31-24)15-28-7/h10-13,18-21,25H,9,14-15H2,1-8H3/t18-,19+,20+,21+/m1/s1. The van der Waals surface area contributed by atoms with Crippen molar-refractivity contribution in [3.05, 3.63) is 24.3 Å². The second-order valence-electron chi connectivity index (χ2n) is 9.14. The molecule has 1 aromatic rings. The van der Waals surface area contributed by atoms with Crippen LogP contribution >= 0.6 is 0 Å². The van der Waals surface area contributed by atoms with Crippen LogP contribution < -0.4 is 10.1 Å². The van der Waals surface area contributed by atoms with E-state index < -0.39 is 23.3 Å². The third kappa shape index (κ3) is 6.81. The number of anilines is 1. The van der Waals surface area contributed by atoms with Crippen molar-refractivity contribution in [2.75, 3.05) is 39.9 Å². The number of esters is 1. The maximum Gasteiger partial charge on any atom is 0.311 e. The Kier molecular flexibility index (Phi) is 9.33. The minimum absolute atomic E-state index is 0.307. The van der Waals surface area contributed by atoms with Gasteiger partial charge in [-0.15, -0.1) is 0 Å². The Morgan fingerprint density at radius 1 is 1.06 bits per heavy atom. The second kappa shape index (κ2) is 11.3. The number of benzene rings is 1. The highest BCUT2D eigenvalue weighted by Crippen LogP contribution is 2.38. The summed E-state index contributed by atoms with van der Waals surface area (Å²) in [6.07, 6.45) is -0.128. The van der Waals surface area contributed by atoms with Crippen molar-refractivity contribution in [3.63, 3.8) is 0 Å². The molecule has 0 unspecified atom stereocenters. The maximum absolute atomic E-state index is 13.2. The molecule has 8 nitrogen and oxygen atoms in total. The van der Waals surface area contributed by atoms with Crippen molar-refractivity contribution in [2.24, 2.45) is 5.92 Å². The second-order valence-corrected chi connectivity index (χ2v) is 9.14. The summed E-state index contributed by atoms with van der Waals surface area (Å²) in [6, 6.07) is 6.97. The summed E-state index contributed by atoms with van der Waals surface area (Å²) in [5.74, 6) is -1.21. The number of hydrogen-bond acceptors (Lipinski definition) is 8. The van der Waals surface area contributed by atoms with Gasteiger partial charge < -0.3 is 33.7 Å². The normalized spacial score (nSPS) is 22.2. The van der Waals surface area contributed by atoms with E-state index in [2.05, 4.69) is 5.32 Å². The molecule has 1 N–H and O–H groups in total. The van der Waals surface area contributed by atoms with E-state index in [-0.39, 0.29) is 18.2 Å². The molecule has 0 saturated carbocycles. The SMILES string of the molecule is CC[C@@H](C(=O)OC(C)(C)C)[C@H](Nc1ccc(OC)cc1)C1(C)O[C@@H](COC)[C@H](COC)O1. The van der Waals surface area contributed by atoms with Gasteiger partial charge in [-0.3, -0.25) is 4.79 Å². The van der Waals surface area contributed by atoms with E-state index in [4.69, 9.17) is 28.4 Å². The van der Waals surface area contributed by atoms with E-state index in [0.29, 0.717) is 19.6 Å². The molecule has 2 rings (SSSR count). The Morgan fingerprint density at radius 3 is 2.00 bits per heavy atom. The average molecular weight is 454 g/mol. The predicted molar refractivity (Wildman–Crippen MR) is 122 cm³/mol. The Labute approximate surface area is 191 Å². The summed E-state index contributed by atoms with van der Waals surface area (Å²) in [7, 11) is 4.85. The predicted octanol–water partition coefficient (Wildman–Crippen LogP) is 3.64. The van der Waals surface area contributed by atoms with Gasteiger partial charge in [0.05, 0.1) is 32.3 Å². The highest BCUT2D eigenvalue weighted by Gasteiger charge is 2.53. The molecule has 0 bridgehead atoms. The smallest absolute Gasteiger partial charge is 0.311 e. The van der Waals surface area contributed by atoms with Crippen LogP contribution in [-0.2, 0) is 28.5 Å². The van der Waals surface area contributed by atoms with Crippen LogP contribution in [0.4, 0.5) is 5.69 Å². The van der Waals surface area contributed by atoms with Crippen molar-refractivity contribution in [3.8, 4) is 5.75 Å². The molecular formula is C24H39NO7. The molecule has 1 aliphatic rings. The molecule has 0 amide bonds. The molecule has 1 saturated heterocycles. The molecule has 182 valence electrons. The summed E-state index contributed by atoms with van der Waals surface area (Å²) in [6.45, 7) is 10.1. The highest BCUT2D eigenvalue weighted by molar-refractivity contribution is 5.74. The molecule has 32 heavy (non-hydrogen) atoms. The van der Waals surface area contributed by atoms with Gasteiger partial charge in [-0.2, -0.15) is 0 Å². The third-order valence-electron chi connectivity index (χ3n) is 5.38. The largest absolute Gasteiger partial charge is 0.497 e. The van der Waals surface area contributed by atoms with Gasteiger partial charge in [-0.25, -0.2) is 0 Å². The van der Waals surface area contributed by atoms with Crippen molar-refractivity contribution in [2.45, 2.75) is 70.7 Å². The van der Waals surface area contributed by atoms with Crippen LogP contribution in [0.15, 0.2) is 24.3 Å². The first-order valence-electron chi connectivity index (χ1n) is 11.0. The van der Waals surface area contributed by atoms with Crippen LogP contribution in [0.3, 0.4) is 0 Å². The number of ether oxygens (including phenoxy) is 6. The molecule has 1 aliphatic heterocycles. The fourth-order valence-corrected chi connectivity index (χ4v) is 3.92. The van der Waals surface area contributed by atoms with Crippen LogP contribution in [-0.4, -0.2) is 70.2 Å². The van der Waals surface area contributed by atoms with Crippen LogP contribution in [0, 0.1) is 5.92 Å². The van der Waals surface area contributed by atoms with E-state index in [0.717, 1.165) is 11.4 Å². The van der Waals surface area contributed by atoms with Gasteiger partial charge in [0.15, 0.2) is 5.79 Å². The van der Waals surface area contributed by atoms with Gasteiger partial charge in [-0.05, 0) is 58.4 Å². The van der Waals surface area contributed by atoms with E-state index in [1.54, 1.807) is 21.3 Å². The van der Waals surface area contributed by atoms with Crippen molar-refractivity contribution in [1.29, 1.82) is 0 Å². The average Bonchev–Trinajstić information content (AvgIpc) is 3.04. The molecule has 0 radical (unpaired) electrons. The van der Waals surface area contributed by atoms with Gasteiger partial charge in [0, 0.05) is 19.9 Å². The number of carbonyl (C=O) groups is 1. The van der Waals surface area contributed by atoms with Gasteiger partial charge in [0.25, 0.3) is 0 Å². The van der Waals surface area contributed by atoms with Crippen LogP contribution in [0.2, 0.25) is 0 Å². The quantitative estimate of drug-likeness (QED) is 0.509. The summed E-state index contributed by atoms with van der Waals surface area (Å²) in [5, 5.41) is 3.47. The van der Waals surface area contributed by atoms with Crippen molar-refractivity contribution >= 4 is 11.7 Å². The molecule has 0 aromatic heterocycles. The molecule has 0 spiro atoms. The number of hydrogen-bond donors (Lipinski definition) is 1. The lowest BCUT2D eigenvalue weighted by molar-refractivity contribution is -0.196. The molecular weight excluding hydrogens is 414 g/mol. The zero-order valence-electron chi connectivity index (χ0n) is 20.6. The lowest BCUT2D eigenvalue weighted by Crippen LogP contribution is -2.53. The Hall–Kier alpha value is -1.87. The minimum atomic E-state index is -1.12. The van der Waals surface area contributed by atoms with Gasteiger partial charge in [0.2, 0.25) is 0 Å². The number of carbonyl (C=O) groups excluding carboxylic acids is 1. The van der Waals surface area contributed by atoms with Crippen LogP contribution in [0.5, 0.6) is 5.75 Å². The van der Waals surface area contributed by atoms with Gasteiger partial charge in [0.1, 0.15) is 23.6 Å². The summed E-state index contributed by atoms with van der Waals surface area (Å²) in [4.78, 5) is 13.2. The molecule has 8 heteroatoms. The monoisotopic (exact) mass is 453 g/mol. The van der Waals surface area contributed by atoms with Gasteiger partial charge in [-0.1, -0.05) is 6.92 Å². The molecule has 1 aromatic carbocycles. The number of nitrogens with one attached hydrogen (secondary N) is 1. The van der Waals surface area contributed by atoms with E-state index in [1.807, 2.05) is 58.9 Å². The van der Waals surface area contributed by atoms with E-state index in [9.17, 15) is 4.79 Å². The van der Waals surface area contributed by atoms with Crippen molar-refractivity contribution < 1.29 is 33.2 Å². The zero-order valence-corrected chi connectivity index (χ0v) is 20.6.